The zero-order valence-electron chi connectivity index (χ0n) is 79.7. The van der Waals surface area contributed by atoms with Gasteiger partial charge in [0.05, 0.1) is 101 Å². The van der Waals surface area contributed by atoms with E-state index in [4.69, 9.17) is 85.3 Å². The Morgan fingerprint density at radius 1 is 0.514 bits per heavy atom. The Bertz CT molecular complexity index is 4120. The van der Waals surface area contributed by atoms with E-state index in [1.54, 1.807) is 27.7 Å². The second kappa shape index (κ2) is 43.7. The van der Waals surface area contributed by atoms with Gasteiger partial charge in [0.15, 0.2) is 56.1 Å². The Hall–Kier alpha value is -4.19. The number of rotatable bonds is 35. The predicted octanol–water partition coefficient (Wildman–Crippen LogP) is -5.68. The highest BCUT2D eigenvalue weighted by Crippen LogP contribution is 2.76. The van der Waals surface area contributed by atoms with Gasteiger partial charge in [-0.1, -0.05) is 93.7 Å². The summed E-state index contributed by atoms with van der Waals surface area (Å²) < 4.78 is 108. The number of aldehydes is 1. The molecule has 13 rings (SSSR count). The van der Waals surface area contributed by atoms with Gasteiger partial charge in [0.25, 0.3) is 0 Å². The van der Waals surface area contributed by atoms with Crippen molar-refractivity contribution < 1.29 is 227 Å². The second-order valence-electron chi connectivity index (χ2n) is 42.7. The minimum Gasteiger partial charge on any atom is -0.479 e. The Morgan fingerprint density at radius 3 is 1.72 bits per heavy atom. The Balaban J connectivity index is 0.749. The summed E-state index contributed by atoms with van der Waals surface area (Å²) in [5.41, 5.74) is -7.71. The number of aliphatic carboxylic acids is 1. The molecular weight excluding hydrogens is 1840 g/mol. The number of esters is 3. The molecule has 46 nitrogen and oxygen atoms in total. The fraction of sp³-hybridized carbons (Fsp3) is 0.924. The van der Waals surface area contributed by atoms with Gasteiger partial charge in [-0.25, -0.2) is 4.79 Å². The molecule has 50 atom stereocenters. The van der Waals surface area contributed by atoms with Crippen molar-refractivity contribution in [2.24, 2.45) is 62.1 Å². The minimum absolute atomic E-state index is 0.0116. The molecule has 13 aliphatic rings. The summed E-state index contributed by atoms with van der Waals surface area (Å²) in [6.45, 7) is 17.0. The molecule has 138 heavy (non-hydrogen) atoms. The molecule has 46 heteroatoms. The molecule has 792 valence electrons. The summed E-state index contributed by atoms with van der Waals surface area (Å²) in [6, 6.07) is 0. The van der Waals surface area contributed by atoms with Gasteiger partial charge in [0.1, 0.15) is 152 Å². The fourth-order valence-electron chi connectivity index (χ4n) is 24.2. The van der Waals surface area contributed by atoms with Crippen LogP contribution in [0.4, 0.5) is 0 Å². The van der Waals surface area contributed by atoms with Crippen molar-refractivity contribution in [3.63, 3.8) is 0 Å². The van der Waals surface area contributed by atoms with E-state index in [9.17, 15) is 137 Å². The van der Waals surface area contributed by atoms with Crippen LogP contribution in [-0.2, 0) is 109 Å². The molecule has 0 bridgehead atoms. The molecule has 8 aliphatic heterocycles. The van der Waals surface area contributed by atoms with Crippen LogP contribution in [0.3, 0.4) is 0 Å². The van der Waals surface area contributed by atoms with Gasteiger partial charge in [-0.15, -0.1) is 0 Å². The Morgan fingerprint density at radius 2 is 1.09 bits per heavy atom. The molecule has 12 fully saturated rings. The van der Waals surface area contributed by atoms with Crippen LogP contribution >= 0.6 is 0 Å². The van der Waals surface area contributed by atoms with Crippen LogP contribution in [-0.4, -0.2) is 439 Å². The number of ether oxygens (including phenoxy) is 18. The third-order valence-corrected chi connectivity index (χ3v) is 33.3. The van der Waals surface area contributed by atoms with E-state index in [0.29, 0.717) is 51.4 Å². The minimum atomic E-state index is -2.27. The first-order valence-electron chi connectivity index (χ1n) is 48.3. The first kappa shape index (κ1) is 111. The number of hydrogen-bond acceptors (Lipinski definition) is 45. The van der Waals surface area contributed by atoms with Gasteiger partial charge in [-0.3, -0.25) is 14.4 Å². The molecule has 0 radical (unpaired) electrons. The molecule has 5 aliphatic carbocycles. The summed E-state index contributed by atoms with van der Waals surface area (Å²) in [4.78, 5) is 72.1. The van der Waals surface area contributed by atoms with Gasteiger partial charge in [0.2, 0.25) is 12.1 Å². The molecule has 0 amide bonds. The van der Waals surface area contributed by atoms with Crippen LogP contribution in [0.15, 0.2) is 11.6 Å². The summed E-state index contributed by atoms with van der Waals surface area (Å²) in [5.74, 6) is -9.59. The highest BCUT2D eigenvalue weighted by Gasteiger charge is 2.74. The molecule has 0 spiro atoms. The molecule has 23 unspecified atom stereocenters. The monoisotopic (exact) mass is 1990 g/mol. The maximum absolute atomic E-state index is 16.4. The average Bonchev–Trinajstić information content (AvgIpc) is 0.747. The number of hydrogen-bond donors (Lipinski definition) is 23. The van der Waals surface area contributed by atoms with Gasteiger partial charge in [-0.05, 0) is 123 Å². The molecular formula is C92H148O46. The van der Waals surface area contributed by atoms with Crippen LogP contribution in [0.25, 0.3) is 0 Å². The number of carbonyl (C=O) groups excluding carboxylic acids is 4. The zero-order chi connectivity index (χ0) is 101. The van der Waals surface area contributed by atoms with Crippen molar-refractivity contribution in [1.82, 2.24) is 0 Å². The Kier molecular flexibility index (Phi) is 35.1. The van der Waals surface area contributed by atoms with Crippen LogP contribution in [0, 0.1) is 62.1 Å². The average molecular weight is 1990 g/mol. The fourth-order valence-corrected chi connectivity index (χ4v) is 24.2. The third-order valence-electron chi connectivity index (χ3n) is 33.3. The molecule has 0 aromatic heterocycles. The SMILES string of the molecule is CC[C@H](C)[C@H](C[C@H](O)CC(=O)O[C@@H]1C(C)O[C@@H](OC(=O)[C@]23CCC(C)(C)CC2C2=CCC4[C@@]5(C)CC[C@H](O[C@@H]6OC(C(=O)O)[C@H](O)C(O[C@@H]7OC[C@@H](O)C(O)C7O)C6O[C@@H]6OC(CO)[C@H](O)C(O)C6O)[C@@](C)(C=O)C5CC[C@@]4(C)[C@]2(C)C[C@H]3O)C(O[C@@H]2OC(C)[C@H](O[C@H]3OCC(O)[C@H](O[C@@H]4OCC(O)(CO)C4O)C3O)C(O)C2O)C1O)OC(=O)C[C@@H](O)C[C@H](OC1(O)CO[C@@H](CO)C1O)[C@@H](C)CC. The van der Waals surface area contributed by atoms with Crippen molar-refractivity contribution in [2.75, 3.05) is 46.2 Å². The lowest BCUT2D eigenvalue weighted by atomic mass is 9.33. The van der Waals surface area contributed by atoms with Crippen molar-refractivity contribution in [1.29, 1.82) is 0 Å². The van der Waals surface area contributed by atoms with E-state index >= 15 is 4.79 Å². The van der Waals surface area contributed by atoms with Gasteiger partial charge >= 0.3 is 23.9 Å². The van der Waals surface area contributed by atoms with E-state index < -0.39 is 378 Å². The summed E-state index contributed by atoms with van der Waals surface area (Å²) in [6.07, 6.45) is -64.2. The summed E-state index contributed by atoms with van der Waals surface area (Å²) >= 11 is 0. The van der Waals surface area contributed by atoms with E-state index in [1.807, 2.05) is 20.8 Å². The second-order valence-corrected chi connectivity index (χ2v) is 42.7. The van der Waals surface area contributed by atoms with Crippen LogP contribution in [0.5, 0.6) is 0 Å². The van der Waals surface area contributed by atoms with Gasteiger partial charge in [0, 0.05) is 12.8 Å². The van der Waals surface area contributed by atoms with E-state index in [-0.39, 0.29) is 43.9 Å². The quantitative estimate of drug-likeness (QED) is 0.00702. The van der Waals surface area contributed by atoms with E-state index in [0.717, 1.165) is 11.9 Å². The van der Waals surface area contributed by atoms with Crippen LogP contribution < -0.4 is 0 Å². The molecule has 8 saturated heterocycles. The maximum Gasteiger partial charge on any atom is 0.335 e. The van der Waals surface area contributed by atoms with E-state index in [2.05, 4.69) is 26.8 Å². The smallest absolute Gasteiger partial charge is 0.335 e. The van der Waals surface area contributed by atoms with Gasteiger partial charge in [-0.2, -0.15) is 0 Å². The predicted molar refractivity (Wildman–Crippen MR) is 458 cm³/mol. The number of aliphatic hydroxyl groups excluding tert-OH is 20. The highest BCUT2D eigenvalue weighted by molar-refractivity contribution is 5.80. The lowest BCUT2D eigenvalue weighted by Gasteiger charge is -2.71. The third kappa shape index (κ3) is 21.2. The van der Waals surface area contributed by atoms with Gasteiger partial charge < -0.3 is 208 Å². The number of carboxylic acids is 1. The number of carboxylic acid groups (broad SMARTS) is 1. The summed E-state index contributed by atoms with van der Waals surface area (Å²) in [5, 5.41) is 257. The number of aliphatic hydroxyl groups is 22. The lowest BCUT2D eigenvalue weighted by molar-refractivity contribution is -0.391. The van der Waals surface area contributed by atoms with E-state index in [1.165, 1.54) is 13.8 Å². The van der Waals surface area contributed by atoms with Crippen molar-refractivity contribution in [2.45, 2.75) is 424 Å². The molecule has 8 heterocycles. The lowest BCUT2D eigenvalue weighted by Crippen LogP contribution is -2.69. The molecule has 0 aromatic rings. The molecule has 4 saturated carbocycles. The van der Waals surface area contributed by atoms with Crippen molar-refractivity contribution >= 4 is 30.2 Å². The van der Waals surface area contributed by atoms with Crippen molar-refractivity contribution in [3.05, 3.63) is 11.6 Å². The molecule has 0 aromatic carbocycles. The number of fused-ring (bicyclic) bond motifs is 7. The normalized spacial score (nSPS) is 48.7. The van der Waals surface area contributed by atoms with Crippen LogP contribution in [0.1, 0.15) is 179 Å². The first-order chi connectivity index (χ1) is 64.7. The largest absolute Gasteiger partial charge is 0.479 e. The molecule has 23 N–H and O–H groups in total. The maximum atomic E-state index is 16.4. The Labute approximate surface area is 797 Å². The summed E-state index contributed by atoms with van der Waals surface area (Å²) in [7, 11) is 0. The first-order valence-corrected chi connectivity index (χ1v) is 48.3. The number of allylic oxidation sites excluding steroid dienone is 2. The topological polar surface area (TPSA) is 717 Å². The van der Waals surface area contributed by atoms with Crippen molar-refractivity contribution in [3.8, 4) is 0 Å². The standard InChI is InChI=1S/C92H148O46/c1-13-37(3)47(127-55(102)25-42(98)24-48(38(4)14-2)138-92(120)36-123-50(30-94)74(92)114)23-41(97)26-56(103)130-68-40(6)126-81(72(64(68)111)135-79-63(110)60(107)67(39(5)125-79)131-78-66(113)69(46(100)32-122-78)132-83-75(115)90(119,34-96)35-124-83)137-84(118)91-22-21-85(7,8)27-44(91)43-15-16-52-86(9)19-18-54(87(10,33-95)51(86)17-20-88(52,11)89(43,12)28-53(91)101)129-82-73(136-80-62(109)59(106)58(105)49(29-93)128-80)70(65(112)71(134-82)76(116)117)133-77-61(108)57(104)45(99)31-121-77/h15,33,37-42,44-54,57-75,77-83,93-94,96-101,104-115,119-120H,13-14,16-32,34-36H2,1-12H3,(H,116,117)/t37-,38-,39?,40?,41-,42-,44?,45+,46?,47-,48-,49?,50-,51?,52?,53+,54-,57?,58-,59?,60?,61?,62?,63?,64?,65+,66?,67-,68+,69-,70?,71?,72?,73?,74?,75?,77-,78+,79-,80-,81-,82+,83-,86-,87-,88+,89+,90?,91+,92?/m0/s1. The highest BCUT2D eigenvalue weighted by atomic mass is 16.8. The number of carbonyl (C=O) groups is 5. The van der Waals surface area contributed by atoms with Crippen LogP contribution in [0.2, 0.25) is 0 Å². The zero-order valence-corrected chi connectivity index (χ0v) is 79.7.